The van der Waals surface area contributed by atoms with Gasteiger partial charge in [0.1, 0.15) is 5.76 Å². The van der Waals surface area contributed by atoms with Crippen molar-refractivity contribution in [3.63, 3.8) is 0 Å². The highest BCUT2D eigenvalue weighted by Gasteiger charge is 2.04. The van der Waals surface area contributed by atoms with Crippen molar-refractivity contribution in [1.29, 1.82) is 0 Å². The molecule has 3 nitrogen and oxygen atoms in total. The molecule has 0 saturated carbocycles. The molecule has 19 heavy (non-hydrogen) atoms. The molecule has 2 rings (SSSR count). The van der Waals surface area contributed by atoms with Gasteiger partial charge in [0.25, 0.3) is 0 Å². The van der Waals surface area contributed by atoms with Gasteiger partial charge in [0.15, 0.2) is 0 Å². The minimum absolute atomic E-state index is 0.898. The van der Waals surface area contributed by atoms with Gasteiger partial charge < -0.3 is 9.73 Å². The molecule has 0 unspecified atom stereocenters. The molecule has 0 bridgehead atoms. The summed E-state index contributed by atoms with van der Waals surface area (Å²) in [6.07, 6.45) is 2.86. The first kappa shape index (κ1) is 13.7. The van der Waals surface area contributed by atoms with Crippen LogP contribution in [0.3, 0.4) is 0 Å². The van der Waals surface area contributed by atoms with Crippen LogP contribution in [0, 0.1) is 0 Å². The molecule has 102 valence electrons. The van der Waals surface area contributed by atoms with Crippen molar-refractivity contribution in [3.8, 4) is 0 Å². The summed E-state index contributed by atoms with van der Waals surface area (Å²) in [6, 6.07) is 14.3. The maximum Gasteiger partial charge on any atom is 0.117 e. The molecule has 1 heterocycles. The van der Waals surface area contributed by atoms with E-state index < -0.39 is 0 Å². The fourth-order valence-corrected chi connectivity index (χ4v) is 2.06. The highest BCUT2D eigenvalue weighted by Crippen LogP contribution is 2.07. The summed E-state index contributed by atoms with van der Waals surface area (Å²) in [5.74, 6) is 1.04. The highest BCUT2D eigenvalue weighted by atomic mass is 16.3. The summed E-state index contributed by atoms with van der Waals surface area (Å²) in [6.45, 7) is 6.21. The van der Waals surface area contributed by atoms with Gasteiger partial charge >= 0.3 is 0 Å². The van der Waals surface area contributed by atoms with Gasteiger partial charge in [0.05, 0.1) is 12.8 Å². The van der Waals surface area contributed by atoms with E-state index in [0.29, 0.717) is 0 Å². The zero-order chi connectivity index (χ0) is 13.3. The minimum atomic E-state index is 0.898. The Morgan fingerprint density at radius 2 is 1.95 bits per heavy atom. The van der Waals surface area contributed by atoms with E-state index in [1.807, 2.05) is 18.2 Å². The molecular formula is C16H22N2O. The van der Waals surface area contributed by atoms with Crippen LogP contribution in [-0.4, -0.2) is 24.5 Å². The first-order valence-electron chi connectivity index (χ1n) is 6.92. The lowest BCUT2D eigenvalue weighted by atomic mass is 10.3. The van der Waals surface area contributed by atoms with E-state index in [1.54, 1.807) is 6.26 Å². The smallest absolute Gasteiger partial charge is 0.117 e. The van der Waals surface area contributed by atoms with Crippen molar-refractivity contribution < 1.29 is 4.42 Å². The zero-order valence-electron chi connectivity index (χ0n) is 11.5. The zero-order valence-corrected chi connectivity index (χ0v) is 11.5. The second kappa shape index (κ2) is 7.64. The standard InChI is InChI=1S/C16H22N2O/c1-2-18(14-16-10-6-13-19-16)12-7-11-17-15-8-4-3-5-9-15/h3-6,8-10,13,17H,2,7,11-12,14H2,1H3. The second-order valence-electron chi connectivity index (χ2n) is 4.59. The van der Waals surface area contributed by atoms with Gasteiger partial charge in [-0.3, -0.25) is 4.90 Å². The maximum atomic E-state index is 5.38. The normalized spacial score (nSPS) is 10.8. The number of nitrogens with zero attached hydrogens (tertiary/aromatic N) is 1. The third kappa shape index (κ3) is 4.79. The van der Waals surface area contributed by atoms with Crippen molar-refractivity contribution in [2.75, 3.05) is 25.0 Å². The van der Waals surface area contributed by atoms with Crippen LogP contribution in [0.15, 0.2) is 53.1 Å². The number of furan rings is 1. The predicted octanol–water partition coefficient (Wildman–Crippen LogP) is 3.60. The Hall–Kier alpha value is -1.74. The number of para-hydroxylation sites is 1. The molecule has 0 aliphatic rings. The Morgan fingerprint density at radius 3 is 2.63 bits per heavy atom. The number of anilines is 1. The molecule has 0 saturated heterocycles. The fraction of sp³-hybridized carbons (Fsp3) is 0.375. The van der Waals surface area contributed by atoms with Crippen molar-refractivity contribution in [1.82, 2.24) is 4.90 Å². The minimum Gasteiger partial charge on any atom is -0.468 e. The van der Waals surface area contributed by atoms with Gasteiger partial charge in [0.2, 0.25) is 0 Å². The largest absolute Gasteiger partial charge is 0.468 e. The molecule has 0 radical (unpaired) electrons. The molecule has 1 aromatic heterocycles. The lowest BCUT2D eigenvalue weighted by Gasteiger charge is -2.19. The summed E-state index contributed by atoms with van der Waals surface area (Å²) in [5.41, 5.74) is 1.19. The monoisotopic (exact) mass is 258 g/mol. The number of benzene rings is 1. The average Bonchev–Trinajstić information content (AvgIpc) is 2.96. The number of hydrogen-bond acceptors (Lipinski definition) is 3. The van der Waals surface area contributed by atoms with Crippen LogP contribution in [0.2, 0.25) is 0 Å². The first-order valence-corrected chi connectivity index (χ1v) is 6.92. The number of nitrogens with one attached hydrogen (secondary N) is 1. The lowest BCUT2D eigenvalue weighted by Crippen LogP contribution is -2.25. The lowest BCUT2D eigenvalue weighted by molar-refractivity contribution is 0.255. The number of rotatable bonds is 8. The molecule has 0 amide bonds. The molecule has 2 aromatic rings. The van der Waals surface area contributed by atoms with E-state index in [0.717, 1.165) is 38.4 Å². The van der Waals surface area contributed by atoms with Crippen LogP contribution in [0.5, 0.6) is 0 Å². The second-order valence-corrected chi connectivity index (χ2v) is 4.59. The van der Waals surface area contributed by atoms with E-state index in [-0.39, 0.29) is 0 Å². The first-order chi connectivity index (χ1) is 9.38. The third-order valence-corrected chi connectivity index (χ3v) is 3.16. The molecule has 1 N–H and O–H groups in total. The summed E-state index contributed by atoms with van der Waals surface area (Å²) in [7, 11) is 0. The summed E-state index contributed by atoms with van der Waals surface area (Å²) in [4.78, 5) is 2.39. The van der Waals surface area contributed by atoms with Gasteiger partial charge in [-0.05, 0) is 37.2 Å². The van der Waals surface area contributed by atoms with Crippen LogP contribution in [0.25, 0.3) is 0 Å². The molecular weight excluding hydrogens is 236 g/mol. The van der Waals surface area contributed by atoms with Gasteiger partial charge in [-0.25, -0.2) is 0 Å². The Morgan fingerprint density at radius 1 is 1.11 bits per heavy atom. The van der Waals surface area contributed by atoms with Crippen molar-refractivity contribution >= 4 is 5.69 Å². The van der Waals surface area contributed by atoms with Gasteiger partial charge in [-0.15, -0.1) is 0 Å². The molecule has 0 fully saturated rings. The number of hydrogen-bond donors (Lipinski definition) is 1. The Balaban J connectivity index is 1.66. The predicted molar refractivity (Wildman–Crippen MR) is 79.2 cm³/mol. The molecule has 0 spiro atoms. The van der Waals surface area contributed by atoms with Crippen LogP contribution < -0.4 is 5.32 Å². The summed E-state index contributed by atoms with van der Waals surface area (Å²) in [5, 5.41) is 3.43. The van der Waals surface area contributed by atoms with Crippen molar-refractivity contribution in [2.24, 2.45) is 0 Å². The average molecular weight is 258 g/mol. The Bertz CT molecular complexity index is 439. The summed E-state index contributed by atoms with van der Waals surface area (Å²) < 4.78 is 5.38. The quantitative estimate of drug-likeness (QED) is 0.733. The fourth-order valence-electron chi connectivity index (χ4n) is 2.06. The van der Waals surface area contributed by atoms with Gasteiger partial charge in [0, 0.05) is 18.8 Å². The Kier molecular flexibility index (Phi) is 5.50. The van der Waals surface area contributed by atoms with Crippen LogP contribution in [-0.2, 0) is 6.54 Å². The van der Waals surface area contributed by atoms with Crippen LogP contribution >= 0.6 is 0 Å². The topological polar surface area (TPSA) is 28.4 Å². The van der Waals surface area contributed by atoms with E-state index in [2.05, 4.69) is 41.4 Å². The Labute approximate surface area is 115 Å². The molecule has 0 aliphatic carbocycles. The molecule has 3 heteroatoms. The van der Waals surface area contributed by atoms with Gasteiger partial charge in [-0.2, -0.15) is 0 Å². The molecule has 0 atom stereocenters. The SMILES string of the molecule is CCN(CCCNc1ccccc1)Cc1ccco1. The summed E-state index contributed by atoms with van der Waals surface area (Å²) >= 11 is 0. The van der Waals surface area contributed by atoms with Crippen molar-refractivity contribution in [2.45, 2.75) is 19.9 Å². The van der Waals surface area contributed by atoms with E-state index in [4.69, 9.17) is 4.42 Å². The molecule has 1 aromatic carbocycles. The van der Waals surface area contributed by atoms with E-state index >= 15 is 0 Å². The van der Waals surface area contributed by atoms with E-state index in [9.17, 15) is 0 Å². The van der Waals surface area contributed by atoms with Crippen molar-refractivity contribution in [3.05, 3.63) is 54.5 Å². The maximum absolute atomic E-state index is 5.38. The van der Waals surface area contributed by atoms with E-state index in [1.165, 1.54) is 5.69 Å². The third-order valence-electron chi connectivity index (χ3n) is 3.16. The van der Waals surface area contributed by atoms with Gasteiger partial charge in [-0.1, -0.05) is 25.1 Å². The van der Waals surface area contributed by atoms with Crippen LogP contribution in [0.4, 0.5) is 5.69 Å². The highest BCUT2D eigenvalue weighted by molar-refractivity contribution is 5.42. The molecule has 0 aliphatic heterocycles. The van der Waals surface area contributed by atoms with Crippen LogP contribution in [0.1, 0.15) is 19.1 Å².